The molecule has 0 aliphatic carbocycles. The monoisotopic (exact) mass is 534 g/mol. The van der Waals surface area contributed by atoms with E-state index in [1.807, 2.05) is 60.5 Å². The second kappa shape index (κ2) is 8.74. The van der Waals surface area contributed by atoms with Gasteiger partial charge in [0.15, 0.2) is 0 Å². The van der Waals surface area contributed by atoms with Gasteiger partial charge in [0.25, 0.3) is 15.9 Å². The minimum Gasteiger partial charge on any atom is -0.355 e. The second-order valence-electron chi connectivity index (χ2n) is 10.0. The molecule has 0 bridgehead atoms. The van der Waals surface area contributed by atoms with E-state index in [0.717, 1.165) is 34.4 Å². The number of rotatable bonds is 4. The van der Waals surface area contributed by atoms with Crippen molar-refractivity contribution < 1.29 is 13.2 Å². The van der Waals surface area contributed by atoms with E-state index in [4.69, 9.17) is 0 Å². The van der Waals surface area contributed by atoms with Crippen molar-refractivity contribution in [3.05, 3.63) is 114 Å². The van der Waals surface area contributed by atoms with Crippen LogP contribution < -0.4 is 9.62 Å². The van der Waals surface area contributed by atoms with Crippen LogP contribution in [0.15, 0.2) is 102 Å². The topological polar surface area (TPSA) is 85.5 Å². The first-order valence-corrected chi connectivity index (χ1v) is 14.3. The Labute approximate surface area is 226 Å². The minimum absolute atomic E-state index is 0.106. The largest absolute Gasteiger partial charge is 0.355 e. The van der Waals surface area contributed by atoms with Gasteiger partial charge in [-0.15, -0.1) is 0 Å². The molecule has 0 spiro atoms. The molecular weight excluding hydrogens is 508 g/mol. The summed E-state index contributed by atoms with van der Waals surface area (Å²) in [6, 6.07) is 30.0. The van der Waals surface area contributed by atoms with Crippen LogP contribution in [0.2, 0.25) is 0 Å². The van der Waals surface area contributed by atoms with Crippen LogP contribution in [0.5, 0.6) is 0 Å². The molecule has 1 unspecified atom stereocenters. The summed E-state index contributed by atoms with van der Waals surface area (Å²) in [6.07, 6.45) is 0.516. The van der Waals surface area contributed by atoms with Crippen LogP contribution >= 0.6 is 0 Å². The van der Waals surface area contributed by atoms with Gasteiger partial charge in [-0.2, -0.15) is 0 Å². The Bertz CT molecular complexity index is 1850. The number of benzene rings is 4. The Hall–Kier alpha value is -4.56. The molecular formula is C31H26N4O3S. The summed E-state index contributed by atoms with van der Waals surface area (Å²) in [5.41, 5.74) is 6.90. The number of sulfonamides is 1. The number of nitrogens with zero attached hydrogens (tertiary/aromatic N) is 2. The van der Waals surface area contributed by atoms with Gasteiger partial charge in [-0.3, -0.25) is 9.52 Å². The van der Waals surface area contributed by atoms with Crippen molar-refractivity contribution >= 4 is 38.2 Å². The molecule has 5 aromatic rings. The second-order valence-corrected chi connectivity index (χ2v) is 11.7. The molecule has 8 heteroatoms. The molecule has 194 valence electrons. The van der Waals surface area contributed by atoms with Gasteiger partial charge in [0.05, 0.1) is 21.8 Å². The molecule has 3 heterocycles. The van der Waals surface area contributed by atoms with E-state index in [0.29, 0.717) is 17.8 Å². The van der Waals surface area contributed by atoms with Gasteiger partial charge < -0.3 is 14.8 Å². The highest BCUT2D eigenvalue weighted by Crippen LogP contribution is 2.43. The number of aromatic amines is 1. The van der Waals surface area contributed by atoms with E-state index in [1.165, 1.54) is 10.9 Å². The average Bonchev–Trinajstić information content (AvgIpc) is 3.35. The van der Waals surface area contributed by atoms with Crippen molar-refractivity contribution in [2.24, 2.45) is 0 Å². The molecule has 7 nitrogen and oxygen atoms in total. The number of para-hydroxylation sites is 1. The van der Waals surface area contributed by atoms with Crippen LogP contribution in [0.3, 0.4) is 0 Å². The molecule has 1 amide bonds. The van der Waals surface area contributed by atoms with E-state index in [-0.39, 0.29) is 17.0 Å². The first-order valence-electron chi connectivity index (χ1n) is 12.9. The first kappa shape index (κ1) is 23.5. The number of carbonyl (C=O) groups excluding carboxylic acids is 1. The number of hydrogen-bond donors (Lipinski definition) is 2. The van der Waals surface area contributed by atoms with Gasteiger partial charge in [-0.25, -0.2) is 8.42 Å². The first-order chi connectivity index (χ1) is 18.9. The lowest BCUT2D eigenvalue weighted by atomic mass is 9.96. The molecule has 2 aliphatic heterocycles. The predicted octanol–water partition coefficient (Wildman–Crippen LogP) is 5.78. The summed E-state index contributed by atoms with van der Waals surface area (Å²) in [4.78, 5) is 21.3. The number of fused-ring (bicyclic) bond motifs is 6. The van der Waals surface area contributed by atoms with Crippen molar-refractivity contribution in [3.63, 3.8) is 0 Å². The highest BCUT2D eigenvalue weighted by atomic mass is 32.2. The number of carbonyl (C=O) groups is 1. The Morgan fingerprint density at radius 1 is 0.872 bits per heavy atom. The zero-order chi connectivity index (χ0) is 26.7. The fourth-order valence-corrected chi connectivity index (χ4v) is 6.92. The summed E-state index contributed by atoms with van der Waals surface area (Å²) in [5.74, 6) is -0.106. The third-order valence-electron chi connectivity index (χ3n) is 7.76. The maximum absolute atomic E-state index is 13.7. The normalized spacial score (nSPS) is 16.5. The maximum Gasteiger partial charge on any atom is 0.261 e. The Morgan fingerprint density at radius 3 is 2.38 bits per heavy atom. The molecule has 2 N–H and O–H groups in total. The van der Waals surface area contributed by atoms with Crippen LogP contribution in [-0.4, -0.2) is 37.8 Å². The fraction of sp³-hybridized carbons (Fsp3) is 0.129. The molecule has 0 saturated carbocycles. The number of hydrogen-bond acceptors (Lipinski definition) is 4. The van der Waals surface area contributed by atoms with Crippen molar-refractivity contribution in [3.8, 4) is 11.1 Å². The Kier molecular flexibility index (Phi) is 5.28. The quantitative estimate of drug-likeness (QED) is 0.306. The van der Waals surface area contributed by atoms with Gasteiger partial charge in [0, 0.05) is 30.2 Å². The minimum atomic E-state index is -3.84. The van der Waals surface area contributed by atoms with Crippen LogP contribution in [-0.2, 0) is 16.4 Å². The predicted molar refractivity (Wildman–Crippen MR) is 153 cm³/mol. The average molecular weight is 535 g/mol. The van der Waals surface area contributed by atoms with Crippen molar-refractivity contribution in [1.82, 2.24) is 9.88 Å². The molecule has 0 fully saturated rings. The van der Waals surface area contributed by atoms with Crippen molar-refractivity contribution in [2.45, 2.75) is 17.5 Å². The molecule has 4 aromatic carbocycles. The molecule has 7 rings (SSSR count). The van der Waals surface area contributed by atoms with E-state index in [9.17, 15) is 13.2 Å². The highest BCUT2D eigenvalue weighted by molar-refractivity contribution is 7.92. The highest BCUT2D eigenvalue weighted by Gasteiger charge is 2.41. The molecule has 0 radical (unpaired) electrons. The van der Waals surface area contributed by atoms with Crippen LogP contribution in [0.25, 0.3) is 22.0 Å². The molecule has 0 saturated heterocycles. The van der Waals surface area contributed by atoms with Crippen molar-refractivity contribution in [1.29, 1.82) is 0 Å². The van der Waals surface area contributed by atoms with Gasteiger partial charge in [-0.05, 0) is 59.5 Å². The van der Waals surface area contributed by atoms with E-state index >= 15 is 0 Å². The number of aromatic nitrogens is 1. The molecule has 1 atom stereocenters. The van der Waals surface area contributed by atoms with Gasteiger partial charge >= 0.3 is 0 Å². The Balaban J connectivity index is 1.19. The van der Waals surface area contributed by atoms with E-state index in [2.05, 4.69) is 26.7 Å². The van der Waals surface area contributed by atoms with E-state index < -0.39 is 10.0 Å². The zero-order valence-corrected chi connectivity index (χ0v) is 22.1. The lowest BCUT2D eigenvalue weighted by Crippen LogP contribution is -2.51. The van der Waals surface area contributed by atoms with Crippen LogP contribution in [0, 0.1) is 0 Å². The molecule has 1 aromatic heterocycles. The summed E-state index contributed by atoms with van der Waals surface area (Å²) in [6.45, 7) is 0.589. The lowest BCUT2D eigenvalue weighted by Gasteiger charge is -2.46. The molecule has 2 aliphatic rings. The fourth-order valence-electron chi connectivity index (χ4n) is 5.87. The van der Waals surface area contributed by atoms with Gasteiger partial charge in [-0.1, -0.05) is 60.7 Å². The summed E-state index contributed by atoms with van der Waals surface area (Å²) >= 11 is 0. The number of anilines is 2. The van der Waals surface area contributed by atoms with Crippen LogP contribution in [0.1, 0.15) is 27.8 Å². The zero-order valence-electron chi connectivity index (χ0n) is 21.3. The number of nitrogens with one attached hydrogen (secondary N) is 2. The van der Waals surface area contributed by atoms with Gasteiger partial charge in [0.2, 0.25) is 0 Å². The summed E-state index contributed by atoms with van der Waals surface area (Å²) in [5, 5.41) is 1.19. The maximum atomic E-state index is 13.7. The van der Waals surface area contributed by atoms with Gasteiger partial charge in [0.1, 0.15) is 6.17 Å². The summed E-state index contributed by atoms with van der Waals surface area (Å²) in [7, 11) is -1.87. The number of amides is 1. The Morgan fingerprint density at radius 2 is 1.59 bits per heavy atom. The van der Waals surface area contributed by atoms with Crippen LogP contribution in [0.4, 0.5) is 11.4 Å². The third-order valence-corrected chi connectivity index (χ3v) is 9.16. The number of H-pyrrole nitrogens is 1. The SMILES string of the molecule is CN1c2ccc(NS(=O)(=O)c3ccc(-c4ccccc4)cc3)cc2C(=O)N2CCc3c([nH]c4ccccc34)C21. The smallest absolute Gasteiger partial charge is 0.261 e. The summed E-state index contributed by atoms with van der Waals surface area (Å²) < 4.78 is 29.0. The van der Waals surface area contributed by atoms with Crippen molar-refractivity contribution in [2.75, 3.05) is 23.2 Å². The lowest BCUT2D eigenvalue weighted by molar-refractivity contribution is 0.0634. The standard InChI is InChI=1S/C31H26N4O3S/c1-34-28-16-13-22(33-39(37,38)23-14-11-21(12-15-23)20-7-3-2-4-8-20)19-26(28)31(36)35-18-17-25-24-9-5-6-10-27(24)32-29(25)30(34)35/h2-16,19,30,32-33H,17-18H2,1H3. The van der Waals surface area contributed by atoms with E-state index in [1.54, 1.807) is 36.4 Å². The third kappa shape index (κ3) is 3.79. The molecule has 39 heavy (non-hydrogen) atoms.